The van der Waals surface area contributed by atoms with Crippen molar-refractivity contribution in [2.45, 2.75) is 23.8 Å². The molecule has 1 aromatic rings. The summed E-state index contributed by atoms with van der Waals surface area (Å²) in [4.78, 5) is 0.0875. The second kappa shape index (κ2) is 5.36. The molecule has 0 bridgehead atoms. The SMILES string of the molecule is COc1cc(N)ccc1S(=O)(=O)N1CCC[C@H]1CO. The molecular weight excluding hydrogens is 268 g/mol. The summed E-state index contributed by atoms with van der Waals surface area (Å²) >= 11 is 0. The summed E-state index contributed by atoms with van der Waals surface area (Å²) in [5.74, 6) is 0.226. The summed E-state index contributed by atoms with van der Waals surface area (Å²) in [6.45, 7) is 0.248. The Labute approximate surface area is 112 Å². The molecule has 6 nitrogen and oxygen atoms in total. The number of hydrogen-bond acceptors (Lipinski definition) is 5. The molecule has 1 heterocycles. The minimum atomic E-state index is -3.67. The van der Waals surface area contributed by atoms with Crippen LogP contribution in [0.3, 0.4) is 0 Å². The molecule has 1 atom stereocenters. The van der Waals surface area contributed by atoms with Crippen LogP contribution in [0.2, 0.25) is 0 Å². The number of methoxy groups -OCH3 is 1. The van der Waals surface area contributed by atoms with Gasteiger partial charge in [-0.3, -0.25) is 0 Å². The van der Waals surface area contributed by atoms with Crippen molar-refractivity contribution in [3.8, 4) is 5.75 Å². The summed E-state index contributed by atoms with van der Waals surface area (Å²) in [5, 5.41) is 9.26. The summed E-state index contributed by atoms with van der Waals surface area (Å²) in [6.07, 6.45) is 1.43. The first kappa shape index (κ1) is 14.1. The molecule has 0 aliphatic carbocycles. The van der Waals surface area contributed by atoms with E-state index in [1.165, 1.54) is 29.6 Å². The second-order valence-corrected chi connectivity index (χ2v) is 6.36. The molecule has 0 radical (unpaired) electrons. The molecule has 19 heavy (non-hydrogen) atoms. The van der Waals surface area contributed by atoms with Crippen LogP contribution in [0.4, 0.5) is 5.69 Å². The number of hydrogen-bond donors (Lipinski definition) is 2. The monoisotopic (exact) mass is 286 g/mol. The Bertz CT molecular complexity index is 559. The first-order valence-corrected chi connectivity index (χ1v) is 7.51. The van der Waals surface area contributed by atoms with Gasteiger partial charge in [0.25, 0.3) is 0 Å². The molecule has 0 spiro atoms. The molecule has 0 aromatic heterocycles. The summed E-state index contributed by atoms with van der Waals surface area (Å²) in [6, 6.07) is 4.10. The lowest BCUT2D eigenvalue weighted by Gasteiger charge is -2.23. The molecule has 1 fully saturated rings. The molecule has 3 N–H and O–H groups in total. The lowest BCUT2D eigenvalue weighted by Crippen LogP contribution is -2.37. The summed E-state index contributed by atoms with van der Waals surface area (Å²) in [7, 11) is -2.26. The molecule has 0 saturated carbocycles. The quantitative estimate of drug-likeness (QED) is 0.783. The Morgan fingerprint density at radius 1 is 1.53 bits per heavy atom. The molecule has 1 aliphatic rings. The first-order chi connectivity index (χ1) is 9.00. The third-order valence-electron chi connectivity index (χ3n) is 3.31. The largest absolute Gasteiger partial charge is 0.495 e. The Kier molecular flexibility index (Phi) is 3.98. The Morgan fingerprint density at radius 3 is 2.89 bits per heavy atom. The molecule has 0 unspecified atom stereocenters. The number of sulfonamides is 1. The van der Waals surface area contributed by atoms with E-state index in [9.17, 15) is 13.5 Å². The van der Waals surface area contributed by atoms with Crippen molar-refractivity contribution in [1.29, 1.82) is 0 Å². The highest BCUT2D eigenvalue weighted by Crippen LogP contribution is 2.32. The van der Waals surface area contributed by atoms with Crippen LogP contribution in [0.25, 0.3) is 0 Å². The average Bonchev–Trinajstić information content (AvgIpc) is 2.87. The van der Waals surface area contributed by atoms with Crippen LogP contribution in [0.15, 0.2) is 23.1 Å². The molecule has 1 aliphatic heterocycles. The third-order valence-corrected chi connectivity index (χ3v) is 5.30. The van der Waals surface area contributed by atoms with Crippen molar-refractivity contribution >= 4 is 15.7 Å². The van der Waals surface area contributed by atoms with E-state index in [-0.39, 0.29) is 23.3 Å². The Balaban J connectivity index is 2.45. The average molecular weight is 286 g/mol. The van der Waals surface area contributed by atoms with Gasteiger partial charge in [0.2, 0.25) is 10.0 Å². The molecule has 0 amide bonds. The van der Waals surface area contributed by atoms with Gasteiger partial charge >= 0.3 is 0 Å². The van der Waals surface area contributed by atoms with Gasteiger partial charge in [0.05, 0.1) is 13.7 Å². The highest BCUT2D eigenvalue weighted by atomic mass is 32.2. The summed E-state index contributed by atoms with van der Waals surface area (Å²) < 4.78 is 31.6. The van der Waals surface area contributed by atoms with E-state index in [2.05, 4.69) is 0 Å². The van der Waals surface area contributed by atoms with Crippen molar-refractivity contribution in [3.05, 3.63) is 18.2 Å². The van der Waals surface area contributed by atoms with E-state index in [4.69, 9.17) is 10.5 Å². The summed E-state index contributed by atoms with van der Waals surface area (Å²) in [5.41, 5.74) is 6.07. The van der Waals surface area contributed by atoms with E-state index < -0.39 is 10.0 Å². The number of nitrogens with two attached hydrogens (primary N) is 1. The van der Waals surface area contributed by atoms with Gasteiger partial charge in [-0.2, -0.15) is 4.31 Å². The molecule has 7 heteroatoms. The Morgan fingerprint density at radius 2 is 2.26 bits per heavy atom. The van der Waals surface area contributed by atoms with Crippen molar-refractivity contribution in [3.63, 3.8) is 0 Å². The second-order valence-electron chi connectivity index (χ2n) is 4.50. The van der Waals surface area contributed by atoms with E-state index in [0.29, 0.717) is 18.7 Å². The number of aliphatic hydroxyl groups excluding tert-OH is 1. The lowest BCUT2D eigenvalue weighted by molar-refractivity contribution is 0.213. The van der Waals surface area contributed by atoms with Crippen LogP contribution in [0.5, 0.6) is 5.75 Å². The number of rotatable bonds is 4. The molecule has 1 saturated heterocycles. The van der Waals surface area contributed by atoms with Gasteiger partial charge in [-0.25, -0.2) is 8.42 Å². The van der Waals surface area contributed by atoms with Crippen molar-refractivity contribution < 1.29 is 18.3 Å². The smallest absolute Gasteiger partial charge is 0.247 e. The zero-order valence-electron chi connectivity index (χ0n) is 10.7. The van der Waals surface area contributed by atoms with Crippen LogP contribution in [0, 0.1) is 0 Å². The third kappa shape index (κ3) is 2.54. The number of aliphatic hydroxyl groups is 1. The highest BCUT2D eigenvalue weighted by molar-refractivity contribution is 7.89. The lowest BCUT2D eigenvalue weighted by atomic mass is 10.2. The minimum absolute atomic E-state index is 0.0875. The fraction of sp³-hybridized carbons (Fsp3) is 0.500. The van der Waals surface area contributed by atoms with Gasteiger partial charge in [-0.05, 0) is 25.0 Å². The van der Waals surface area contributed by atoms with Crippen LogP contribution in [-0.2, 0) is 10.0 Å². The predicted octanol–water partition coefficient (Wildman–Crippen LogP) is 0.423. The van der Waals surface area contributed by atoms with Crippen LogP contribution >= 0.6 is 0 Å². The van der Waals surface area contributed by atoms with E-state index in [1.807, 2.05) is 0 Å². The molecule has 106 valence electrons. The molecular formula is C12H18N2O4S. The topological polar surface area (TPSA) is 92.9 Å². The van der Waals surface area contributed by atoms with E-state index >= 15 is 0 Å². The number of ether oxygens (including phenoxy) is 1. The zero-order valence-corrected chi connectivity index (χ0v) is 11.6. The molecule has 1 aromatic carbocycles. The predicted molar refractivity (Wildman–Crippen MR) is 71.4 cm³/mol. The fourth-order valence-electron chi connectivity index (χ4n) is 2.33. The number of benzene rings is 1. The van der Waals surface area contributed by atoms with Gasteiger partial charge in [-0.15, -0.1) is 0 Å². The number of nitrogen functional groups attached to an aromatic ring is 1. The zero-order chi connectivity index (χ0) is 14.0. The van der Waals surface area contributed by atoms with Crippen LogP contribution in [-0.4, -0.2) is 44.1 Å². The van der Waals surface area contributed by atoms with Crippen molar-refractivity contribution in [2.75, 3.05) is 26.0 Å². The number of anilines is 1. The fourth-order valence-corrected chi connectivity index (χ4v) is 4.15. The van der Waals surface area contributed by atoms with Crippen LogP contribution in [0.1, 0.15) is 12.8 Å². The Hall–Kier alpha value is -1.31. The van der Waals surface area contributed by atoms with E-state index in [0.717, 1.165) is 6.42 Å². The van der Waals surface area contributed by atoms with Gasteiger partial charge in [0, 0.05) is 24.3 Å². The number of nitrogens with zero attached hydrogens (tertiary/aromatic N) is 1. The standard InChI is InChI=1S/C12H18N2O4S/c1-18-11-7-9(13)4-5-12(11)19(16,17)14-6-2-3-10(14)8-15/h4-5,7,10,15H,2-3,6,8,13H2,1H3/t10-/m0/s1. The van der Waals surface area contributed by atoms with Crippen LogP contribution < -0.4 is 10.5 Å². The first-order valence-electron chi connectivity index (χ1n) is 6.07. The van der Waals surface area contributed by atoms with Crippen molar-refractivity contribution in [2.24, 2.45) is 0 Å². The van der Waals surface area contributed by atoms with E-state index in [1.54, 1.807) is 0 Å². The maximum Gasteiger partial charge on any atom is 0.247 e. The maximum absolute atomic E-state index is 12.6. The normalized spacial score (nSPS) is 20.6. The highest BCUT2D eigenvalue weighted by Gasteiger charge is 2.36. The molecule has 2 rings (SSSR count). The van der Waals surface area contributed by atoms with Gasteiger partial charge in [0.1, 0.15) is 10.6 Å². The van der Waals surface area contributed by atoms with Gasteiger partial charge in [0.15, 0.2) is 0 Å². The maximum atomic E-state index is 12.6. The van der Waals surface area contributed by atoms with Gasteiger partial charge in [-0.1, -0.05) is 0 Å². The van der Waals surface area contributed by atoms with Crippen molar-refractivity contribution in [1.82, 2.24) is 4.31 Å². The minimum Gasteiger partial charge on any atom is -0.495 e. The van der Waals surface area contributed by atoms with Gasteiger partial charge < -0.3 is 15.6 Å².